The zero-order valence-corrected chi connectivity index (χ0v) is 14.3. The number of pyridine rings is 2. The van der Waals surface area contributed by atoms with Crippen molar-refractivity contribution in [3.05, 3.63) is 33.9 Å². The number of hydrogen-bond acceptors (Lipinski definition) is 7. The molecule has 4 rings (SSSR count). The van der Waals surface area contributed by atoms with Gasteiger partial charge in [-0.15, -0.1) is 0 Å². The van der Waals surface area contributed by atoms with E-state index in [-0.39, 0.29) is 41.9 Å². The smallest absolute Gasteiger partial charge is 0.341 e. The Morgan fingerprint density at radius 3 is 2.74 bits per heavy atom. The van der Waals surface area contributed by atoms with Crippen LogP contribution >= 0.6 is 0 Å². The van der Waals surface area contributed by atoms with Crippen molar-refractivity contribution in [3.63, 3.8) is 0 Å². The number of rotatable bonds is 4. The number of nitrogens with zero attached hydrogens (tertiary/aromatic N) is 4. The third kappa shape index (κ3) is 2.81. The predicted molar refractivity (Wildman–Crippen MR) is 95.2 cm³/mol. The lowest BCUT2D eigenvalue weighted by Gasteiger charge is -2.19. The van der Waals surface area contributed by atoms with E-state index in [4.69, 9.17) is 10.9 Å². The van der Waals surface area contributed by atoms with Gasteiger partial charge >= 0.3 is 5.97 Å². The summed E-state index contributed by atoms with van der Waals surface area (Å²) in [6, 6.07) is 1.08. The van der Waals surface area contributed by atoms with Crippen molar-refractivity contribution in [2.75, 3.05) is 24.5 Å². The van der Waals surface area contributed by atoms with Crippen LogP contribution in [0, 0.1) is 11.7 Å². The van der Waals surface area contributed by atoms with Crippen molar-refractivity contribution < 1.29 is 19.5 Å². The van der Waals surface area contributed by atoms with Gasteiger partial charge < -0.3 is 25.5 Å². The number of halogens is 1. The topological polar surface area (TPSA) is 134 Å². The molecule has 1 atom stereocenters. The van der Waals surface area contributed by atoms with Gasteiger partial charge in [0.05, 0.1) is 17.6 Å². The molecule has 0 amide bonds. The van der Waals surface area contributed by atoms with Crippen molar-refractivity contribution >= 4 is 28.5 Å². The number of aromatic carboxylic acids is 1. The SMILES string of the molecule is NCC1CN(c2nc3c(cc2F)c(=O)c(C(=O)O)cn3C2CC2)C/C1=N/O. The number of oxime groups is 1. The van der Waals surface area contributed by atoms with E-state index in [1.54, 1.807) is 9.47 Å². The molecular formula is C17H18FN5O4. The van der Waals surface area contributed by atoms with Gasteiger partial charge in [-0.25, -0.2) is 14.2 Å². The van der Waals surface area contributed by atoms with Gasteiger partial charge in [-0.3, -0.25) is 4.79 Å². The highest BCUT2D eigenvalue weighted by Gasteiger charge is 2.33. The molecule has 0 radical (unpaired) electrons. The van der Waals surface area contributed by atoms with Crippen LogP contribution in [-0.4, -0.2) is 51.2 Å². The van der Waals surface area contributed by atoms with Gasteiger partial charge in [0.2, 0.25) is 5.43 Å². The number of nitrogens with two attached hydrogens (primary N) is 1. The summed E-state index contributed by atoms with van der Waals surface area (Å²) in [6.45, 7) is 0.765. The third-order valence-corrected chi connectivity index (χ3v) is 5.09. The molecule has 1 unspecified atom stereocenters. The Hall–Kier alpha value is -3.01. The Bertz CT molecular complexity index is 1030. The lowest BCUT2D eigenvalue weighted by atomic mass is 10.1. The number of fused-ring (bicyclic) bond motifs is 1. The Balaban J connectivity index is 1.89. The van der Waals surface area contributed by atoms with Crippen LogP contribution in [0.2, 0.25) is 0 Å². The van der Waals surface area contributed by atoms with Crippen LogP contribution in [0.3, 0.4) is 0 Å². The number of hydrogen-bond donors (Lipinski definition) is 3. The highest BCUT2D eigenvalue weighted by Crippen LogP contribution is 2.37. The van der Waals surface area contributed by atoms with Crippen LogP contribution in [0.5, 0.6) is 0 Å². The van der Waals surface area contributed by atoms with Crippen molar-refractivity contribution in [1.82, 2.24) is 9.55 Å². The van der Waals surface area contributed by atoms with Gasteiger partial charge in [-0.05, 0) is 18.9 Å². The second-order valence-corrected chi connectivity index (χ2v) is 6.88. The number of aromatic nitrogens is 2. The Morgan fingerprint density at radius 2 is 2.19 bits per heavy atom. The number of carboxylic acid groups (broad SMARTS) is 1. The summed E-state index contributed by atoms with van der Waals surface area (Å²) in [5.41, 5.74) is 5.21. The molecule has 2 aliphatic rings. The van der Waals surface area contributed by atoms with Gasteiger partial charge in [0.15, 0.2) is 11.6 Å². The molecule has 27 heavy (non-hydrogen) atoms. The molecule has 1 saturated carbocycles. The molecule has 0 aromatic carbocycles. The van der Waals surface area contributed by atoms with Crippen LogP contribution in [0.1, 0.15) is 29.2 Å². The monoisotopic (exact) mass is 375 g/mol. The van der Waals surface area contributed by atoms with Gasteiger partial charge in [-0.2, -0.15) is 0 Å². The average molecular weight is 375 g/mol. The minimum absolute atomic E-state index is 0.0245. The molecule has 0 bridgehead atoms. The van der Waals surface area contributed by atoms with E-state index >= 15 is 0 Å². The molecule has 1 aliphatic heterocycles. The minimum Gasteiger partial charge on any atom is -0.477 e. The fourth-order valence-corrected chi connectivity index (χ4v) is 3.49. The van der Waals surface area contributed by atoms with Crippen molar-refractivity contribution in [2.24, 2.45) is 16.8 Å². The first-order valence-electron chi connectivity index (χ1n) is 8.59. The summed E-state index contributed by atoms with van der Waals surface area (Å²) in [4.78, 5) is 29.8. The highest BCUT2D eigenvalue weighted by atomic mass is 19.1. The first kappa shape index (κ1) is 17.4. The molecule has 0 spiro atoms. The van der Waals surface area contributed by atoms with E-state index in [2.05, 4.69) is 10.1 Å². The molecule has 2 aromatic rings. The van der Waals surface area contributed by atoms with E-state index in [0.29, 0.717) is 12.3 Å². The van der Waals surface area contributed by atoms with Crippen molar-refractivity contribution in [2.45, 2.75) is 18.9 Å². The summed E-state index contributed by atoms with van der Waals surface area (Å²) in [5, 5.41) is 21.6. The molecule has 4 N–H and O–H groups in total. The molecule has 3 heterocycles. The van der Waals surface area contributed by atoms with Gasteiger partial charge in [0.25, 0.3) is 0 Å². The predicted octanol–water partition coefficient (Wildman–Crippen LogP) is 0.794. The Kier molecular flexibility index (Phi) is 4.06. The second kappa shape index (κ2) is 6.31. The molecule has 2 aromatic heterocycles. The van der Waals surface area contributed by atoms with E-state index in [9.17, 15) is 19.1 Å². The molecule has 10 heteroatoms. The zero-order valence-electron chi connectivity index (χ0n) is 14.3. The number of anilines is 1. The summed E-state index contributed by atoms with van der Waals surface area (Å²) in [5.74, 6) is -2.28. The molecular weight excluding hydrogens is 357 g/mol. The maximum absolute atomic E-state index is 14.8. The molecule has 1 aliphatic carbocycles. The van der Waals surface area contributed by atoms with E-state index in [1.807, 2.05) is 0 Å². The third-order valence-electron chi connectivity index (χ3n) is 5.09. The lowest BCUT2D eigenvalue weighted by Crippen LogP contribution is -2.26. The quantitative estimate of drug-likeness (QED) is 0.531. The van der Waals surface area contributed by atoms with Crippen LogP contribution < -0.4 is 16.1 Å². The standard InChI is InChI=1S/C17H18FN5O4/c18-12-3-10-14(24)11(17(25)26)6-23(9-1-2-9)15(10)20-16(12)22-5-8(4-19)13(7-22)21-27/h3,6,8-9,27H,1-2,4-5,7,19H2,(H,25,26)/b21-13-. The van der Waals surface area contributed by atoms with Crippen LogP contribution in [-0.2, 0) is 0 Å². The molecule has 9 nitrogen and oxygen atoms in total. The normalized spacial score (nSPS) is 21.3. The maximum atomic E-state index is 14.8. The first-order valence-corrected chi connectivity index (χ1v) is 8.59. The van der Waals surface area contributed by atoms with Crippen molar-refractivity contribution in [1.29, 1.82) is 0 Å². The van der Waals surface area contributed by atoms with Crippen molar-refractivity contribution in [3.8, 4) is 0 Å². The minimum atomic E-state index is -1.35. The van der Waals surface area contributed by atoms with Crippen LogP contribution in [0.4, 0.5) is 10.2 Å². The fraction of sp³-hybridized carbons (Fsp3) is 0.412. The average Bonchev–Trinajstić information content (AvgIpc) is 3.40. The molecule has 142 valence electrons. The first-order chi connectivity index (χ1) is 12.9. The maximum Gasteiger partial charge on any atom is 0.341 e. The largest absolute Gasteiger partial charge is 0.477 e. The zero-order chi connectivity index (χ0) is 19.3. The molecule has 1 saturated heterocycles. The van der Waals surface area contributed by atoms with Crippen LogP contribution in [0.15, 0.2) is 22.2 Å². The number of carboxylic acids is 1. The van der Waals surface area contributed by atoms with Gasteiger partial charge in [-0.1, -0.05) is 5.16 Å². The number of carbonyl (C=O) groups is 1. The van der Waals surface area contributed by atoms with Gasteiger partial charge in [0.1, 0.15) is 11.2 Å². The second-order valence-electron chi connectivity index (χ2n) is 6.88. The Morgan fingerprint density at radius 1 is 1.44 bits per heavy atom. The fourth-order valence-electron chi connectivity index (χ4n) is 3.49. The summed E-state index contributed by atoms with van der Waals surface area (Å²) in [6.07, 6.45) is 2.96. The van der Waals surface area contributed by atoms with E-state index < -0.39 is 22.8 Å². The van der Waals surface area contributed by atoms with E-state index in [1.165, 1.54) is 6.20 Å². The summed E-state index contributed by atoms with van der Waals surface area (Å²) in [7, 11) is 0. The van der Waals surface area contributed by atoms with Crippen LogP contribution in [0.25, 0.3) is 11.0 Å². The summed E-state index contributed by atoms with van der Waals surface area (Å²) < 4.78 is 16.4. The lowest BCUT2D eigenvalue weighted by molar-refractivity contribution is 0.0695. The highest BCUT2D eigenvalue weighted by molar-refractivity contribution is 5.95. The molecule has 2 fully saturated rings. The van der Waals surface area contributed by atoms with Gasteiger partial charge in [0, 0.05) is 31.2 Å². The summed E-state index contributed by atoms with van der Waals surface area (Å²) >= 11 is 0. The van der Waals surface area contributed by atoms with E-state index in [0.717, 1.165) is 18.9 Å². The Labute approximate surface area is 152 Å².